The molecule has 1 aromatic rings. The number of hydrogen-bond donors (Lipinski definition) is 2. The molecule has 2 aliphatic rings. The van der Waals surface area contributed by atoms with Crippen LogP contribution in [0.1, 0.15) is 77.7 Å². The summed E-state index contributed by atoms with van der Waals surface area (Å²) in [6, 6.07) is 8.55. The smallest absolute Gasteiger partial charge is 0.410 e. The zero-order chi connectivity index (χ0) is 25.1. The molecule has 1 saturated heterocycles. The van der Waals surface area contributed by atoms with Crippen molar-refractivity contribution in [2.45, 2.75) is 77.7 Å². The first-order valence-electron chi connectivity index (χ1n) is 13.6. The Labute approximate surface area is 212 Å². The van der Waals surface area contributed by atoms with Gasteiger partial charge in [0.05, 0.1) is 6.61 Å². The molecule has 196 valence electrons. The lowest BCUT2D eigenvalue weighted by Crippen LogP contribution is -2.42. The minimum absolute atomic E-state index is 0.207. The van der Waals surface area contributed by atoms with E-state index in [1.54, 1.807) is 0 Å². The number of aliphatic hydroxyl groups is 1. The zero-order valence-corrected chi connectivity index (χ0v) is 22.1. The fraction of sp³-hybridized carbons (Fsp3) is 0.690. The molecule has 2 N–H and O–H groups in total. The monoisotopic (exact) mass is 486 g/mol. The third kappa shape index (κ3) is 9.85. The Morgan fingerprint density at radius 3 is 2.43 bits per heavy atom. The van der Waals surface area contributed by atoms with E-state index in [1.165, 1.54) is 17.6 Å². The van der Waals surface area contributed by atoms with Gasteiger partial charge < -0.3 is 24.8 Å². The molecule has 3 rings (SSSR count). The molecule has 1 atom stereocenters. The number of carbonyl (C=O) groups excluding carboxylic acids is 1. The second kappa shape index (κ2) is 13.9. The number of carbonyl (C=O) groups is 1. The lowest BCUT2D eigenvalue weighted by Gasteiger charge is -2.33. The SMILES string of the molecule is CC(C)(C)OC(=O)N1CCC(COc2ccc(C3=CCC(CNCCCCCO)CC3)cc2)CC1. The average molecular weight is 487 g/mol. The Kier molecular flexibility index (Phi) is 10.9. The number of aliphatic hydroxyl groups excluding tert-OH is 1. The Hall–Kier alpha value is -2.05. The van der Waals surface area contributed by atoms with Crippen molar-refractivity contribution in [3.63, 3.8) is 0 Å². The molecule has 1 fully saturated rings. The maximum Gasteiger partial charge on any atom is 0.410 e. The molecule has 0 aromatic heterocycles. The third-order valence-corrected chi connectivity index (χ3v) is 6.94. The molecular weight excluding hydrogens is 440 g/mol. The average Bonchev–Trinajstić information content (AvgIpc) is 2.85. The van der Waals surface area contributed by atoms with Gasteiger partial charge in [0.2, 0.25) is 0 Å². The summed E-state index contributed by atoms with van der Waals surface area (Å²) in [6.45, 7) is 10.3. The molecule has 1 aliphatic carbocycles. The maximum absolute atomic E-state index is 12.2. The van der Waals surface area contributed by atoms with Crippen molar-refractivity contribution in [1.29, 1.82) is 0 Å². The van der Waals surface area contributed by atoms with Gasteiger partial charge in [-0.25, -0.2) is 4.79 Å². The van der Waals surface area contributed by atoms with Crippen molar-refractivity contribution in [3.8, 4) is 5.75 Å². The van der Waals surface area contributed by atoms with Crippen molar-refractivity contribution < 1.29 is 19.4 Å². The zero-order valence-electron chi connectivity index (χ0n) is 22.1. The number of benzene rings is 1. The molecule has 35 heavy (non-hydrogen) atoms. The van der Waals surface area contributed by atoms with Gasteiger partial charge in [0.1, 0.15) is 11.4 Å². The van der Waals surface area contributed by atoms with Gasteiger partial charge in [0.25, 0.3) is 0 Å². The quantitative estimate of drug-likeness (QED) is 0.396. The van der Waals surface area contributed by atoms with Crippen LogP contribution >= 0.6 is 0 Å². The van der Waals surface area contributed by atoms with E-state index in [0.717, 1.165) is 82.8 Å². The first-order chi connectivity index (χ1) is 16.8. The van der Waals surface area contributed by atoms with E-state index in [9.17, 15) is 4.79 Å². The van der Waals surface area contributed by atoms with Crippen LogP contribution in [0.25, 0.3) is 5.57 Å². The fourth-order valence-electron chi connectivity index (χ4n) is 4.77. The number of hydrogen-bond acceptors (Lipinski definition) is 5. The van der Waals surface area contributed by atoms with Gasteiger partial charge in [-0.3, -0.25) is 0 Å². The number of unbranched alkanes of at least 4 members (excludes halogenated alkanes) is 2. The van der Waals surface area contributed by atoms with E-state index in [2.05, 4.69) is 35.7 Å². The van der Waals surface area contributed by atoms with Crippen molar-refractivity contribution in [2.75, 3.05) is 39.4 Å². The summed E-state index contributed by atoms with van der Waals surface area (Å²) in [5.41, 5.74) is 2.31. The van der Waals surface area contributed by atoms with Gasteiger partial charge in [-0.1, -0.05) is 18.2 Å². The molecule has 6 heteroatoms. The number of nitrogens with one attached hydrogen (secondary N) is 1. The minimum atomic E-state index is -0.448. The number of allylic oxidation sites excluding steroid dienone is 2. The first kappa shape index (κ1) is 27.5. The summed E-state index contributed by atoms with van der Waals surface area (Å²) in [5, 5.41) is 12.4. The molecule has 1 heterocycles. The van der Waals surface area contributed by atoms with Crippen LogP contribution in [0.3, 0.4) is 0 Å². The molecular formula is C29H46N2O4. The minimum Gasteiger partial charge on any atom is -0.493 e. The number of ether oxygens (including phenoxy) is 2. The fourth-order valence-corrected chi connectivity index (χ4v) is 4.77. The summed E-state index contributed by atoms with van der Waals surface area (Å²) in [7, 11) is 0. The molecule has 0 saturated carbocycles. The van der Waals surface area contributed by atoms with Crippen LogP contribution in [0.2, 0.25) is 0 Å². The maximum atomic E-state index is 12.2. The summed E-state index contributed by atoms with van der Waals surface area (Å²) >= 11 is 0. The highest BCUT2D eigenvalue weighted by atomic mass is 16.6. The van der Waals surface area contributed by atoms with E-state index in [1.807, 2.05) is 25.7 Å². The van der Waals surface area contributed by atoms with Gasteiger partial charge in [-0.2, -0.15) is 0 Å². The number of nitrogens with zero attached hydrogens (tertiary/aromatic N) is 1. The second-order valence-electron chi connectivity index (χ2n) is 11.1. The molecule has 1 unspecified atom stereocenters. The van der Waals surface area contributed by atoms with Crippen molar-refractivity contribution in [3.05, 3.63) is 35.9 Å². The van der Waals surface area contributed by atoms with E-state index >= 15 is 0 Å². The highest BCUT2D eigenvalue weighted by Crippen LogP contribution is 2.31. The largest absolute Gasteiger partial charge is 0.493 e. The van der Waals surface area contributed by atoms with Gasteiger partial charge in [0, 0.05) is 19.7 Å². The molecule has 1 amide bonds. The van der Waals surface area contributed by atoms with Crippen molar-refractivity contribution in [1.82, 2.24) is 10.2 Å². The van der Waals surface area contributed by atoms with Crippen LogP contribution < -0.4 is 10.1 Å². The van der Waals surface area contributed by atoms with Gasteiger partial charge in [0.15, 0.2) is 0 Å². The molecule has 0 radical (unpaired) electrons. The summed E-state index contributed by atoms with van der Waals surface area (Å²) in [4.78, 5) is 14.0. The van der Waals surface area contributed by atoms with E-state index in [0.29, 0.717) is 19.1 Å². The molecule has 6 nitrogen and oxygen atoms in total. The summed E-state index contributed by atoms with van der Waals surface area (Å²) < 4.78 is 11.6. The van der Waals surface area contributed by atoms with Gasteiger partial charge >= 0.3 is 6.09 Å². The molecule has 0 spiro atoms. The highest BCUT2D eigenvalue weighted by molar-refractivity contribution is 5.68. The van der Waals surface area contributed by atoms with Crippen LogP contribution in [0.5, 0.6) is 5.75 Å². The molecule has 0 bridgehead atoms. The van der Waals surface area contributed by atoms with Crippen LogP contribution in [0.15, 0.2) is 30.3 Å². The standard InChI is InChI=1S/C29H46N2O4/c1-29(2,3)35-28(33)31-18-15-24(16-19-31)22-34-27-13-11-26(12-14-27)25-9-7-23(8-10-25)21-30-17-5-4-6-20-32/h9,11-14,23-24,30,32H,4-8,10,15-22H2,1-3H3. The van der Waals surface area contributed by atoms with Gasteiger partial charge in [-0.05, 0) is 120 Å². The third-order valence-electron chi connectivity index (χ3n) is 6.94. The Morgan fingerprint density at radius 2 is 1.80 bits per heavy atom. The molecule has 1 aromatic carbocycles. The summed E-state index contributed by atoms with van der Waals surface area (Å²) in [6.07, 6.45) is 10.8. The molecule has 1 aliphatic heterocycles. The highest BCUT2D eigenvalue weighted by Gasteiger charge is 2.27. The number of likely N-dealkylation sites (tertiary alicyclic amines) is 1. The van der Waals surface area contributed by atoms with Crippen molar-refractivity contribution >= 4 is 11.7 Å². The predicted molar refractivity (Wildman–Crippen MR) is 142 cm³/mol. The predicted octanol–water partition coefficient (Wildman–Crippen LogP) is 5.65. The van der Waals surface area contributed by atoms with Crippen LogP contribution in [0.4, 0.5) is 4.79 Å². The van der Waals surface area contributed by atoms with E-state index in [-0.39, 0.29) is 6.09 Å². The Morgan fingerprint density at radius 1 is 1.06 bits per heavy atom. The van der Waals surface area contributed by atoms with Crippen LogP contribution in [0, 0.1) is 11.8 Å². The normalized spacial score (nSPS) is 19.4. The first-order valence-corrected chi connectivity index (χ1v) is 13.6. The van der Waals surface area contributed by atoms with Crippen LogP contribution in [-0.2, 0) is 4.74 Å². The topological polar surface area (TPSA) is 71.0 Å². The van der Waals surface area contributed by atoms with Crippen LogP contribution in [-0.4, -0.2) is 61.1 Å². The lowest BCUT2D eigenvalue weighted by molar-refractivity contribution is 0.0165. The number of amides is 1. The number of rotatable bonds is 11. The Balaban J connectivity index is 1.34. The van der Waals surface area contributed by atoms with Gasteiger partial charge in [-0.15, -0.1) is 0 Å². The second-order valence-corrected chi connectivity index (χ2v) is 11.1. The summed E-state index contributed by atoms with van der Waals surface area (Å²) in [5.74, 6) is 2.11. The number of piperidine rings is 1. The van der Waals surface area contributed by atoms with E-state index in [4.69, 9.17) is 14.6 Å². The lowest BCUT2D eigenvalue weighted by atomic mass is 9.86. The Bertz CT molecular complexity index is 792. The van der Waals surface area contributed by atoms with Crippen molar-refractivity contribution in [2.24, 2.45) is 11.8 Å². The van der Waals surface area contributed by atoms with E-state index < -0.39 is 5.60 Å².